The minimum atomic E-state index is -0.226. The van der Waals surface area contributed by atoms with Gasteiger partial charge in [0.1, 0.15) is 5.69 Å². The van der Waals surface area contributed by atoms with Crippen LogP contribution in [0.15, 0.2) is 36.4 Å². The lowest BCUT2D eigenvalue weighted by molar-refractivity contribution is 0.0719. The lowest BCUT2D eigenvalue weighted by atomic mass is 10.0. The SMILES string of the molecule is Cc1cc(C(=O)N2CCc3c(c(C(=O)NCc4ccccc4)nn3C)C2)n(C)n1. The zero-order valence-electron chi connectivity index (χ0n) is 16.8. The van der Waals surface area contributed by atoms with E-state index in [0.717, 1.165) is 22.5 Å². The molecule has 3 aromatic rings. The van der Waals surface area contributed by atoms with Crippen LogP contribution in [0.25, 0.3) is 0 Å². The van der Waals surface area contributed by atoms with Gasteiger partial charge in [0.05, 0.1) is 12.2 Å². The van der Waals surface area contributed by atoms with Gasteiger partial charge in [-0.3, -0.25) is 19.0 Å². The fraction of sp³-hybridized carbons (Fsp3) is 0.333. The van der Waals surface area contributed by atoms with Crippen LogP contribution < -0.4 is 5.32 Å². The number of aromatic nitrogens is 4. The Balaban J connectivity index is 1.54. The van der Waals surface area contributed by atoms with Gasteiger partial charge < -0.3 is 10.2 Å². The second-order valence-corrected chi connectivity index (χ2v) is 7.34. The Hall–Kier alpha value is -3.42. The molecule has 8 nitrogen and oxygen atoms in total. The van der Waals surface area contributed by atoms with E-state index in [2.05, 4.69) is 15.5 Å². The third-order valence-electron chi connectivity index (χ3n) is 5.26. The lowest BCUT2D eigenvalue weighted by Crippen LogP contribution is -2.38. The highest BCUT2D eigenvalue weighted by molar-refractivity contribution is 5.95. The highest BCUT2D eigenvalue weighted by Gasteiger charge is 2.30. The normalized spacial score (nSPS) is 13.3. The third kappa shape index (κ3) is 3.65. The van der Waals surface area contributed by atoms with Crippen molar-refractivity contribution in [2.24, 2.45) is 14.1 Å². The van der Waals surface area contributed by atoms with E-state index in [1.165, 1.54) is 0 Å². The molecule has 2 aromatic heterocycles. The average Bonchev–Trinajstić information content (AvgIpc) is 3.24. The minimum Gasteiger partial charge on any atom is -0.347 e. The van der Waals surface area contributed by atoms with E-state index in [4.69, 9.17) is 0 Å². The molecule has 29 heavy (non-hydrogen) atoms. The van der Waals surface area contributed by atoms with Crippen LogP contribution in [-0.2, 0) is 33.6 Å². The van der Waals surface area contributed by atoms with E-state index in [9.17, 15) is 9.59 Å². The minimum absolute atomic E-state index is 0.0850. The molecule has 0 aliphatic carbocycles. The van der Waals surface area contributed by atoms with Crippen molar-refractivity contribution in [3.63, 3.8) is 0 Å². The molecule has 0 unspecified atom stereocenters. The van der Waals surface area contributed by atoms with E-state index in [1.807, 2.05) is 44.3 Å². The fourth-order valence-electron chi connectivity index (χ4n) is 3.78. The van der Waals surface area contributed by atoms with Gasteiger partial charge in [0.2, 0.25) is 0 Å². The summed E-state index contributed by atoms with van der Waals surface area (Å²) in [5.74, 6) is -0.311. The maximum atomic E-state index is 13.0. The standard InChI is InChI=1S/C21H24N6O2/c1-14-11-18(26(3)23-14)21(29)27-10-9-17-16(13-27)19(24-25(17)2)20(28)22-12-15-7-5-4-6-8-15/h4-8,11H,9-10,12-13H2,1-3H3,(H,22,28). The summed E-state index contributed by atoms with van der Waals surface area (Å²) >= 11 is 0. The van der Waals surface area contributed by atoms with Crippen molar-refractivity contribution in [2.45, 2.75) is 26.4 Å². The summed E-state index contributed by atoms with van der Waals surface area (Å²) in [6.45, 7) is 3.24. The summed E-state index contributed by atoms with van der Waals surface area (Å²) in [6.07, 6.45) is 0.660. The van der Waals surface area contributed by atoms with Crippen LogP contribution in [0.3, 0.4) is 0 Å². The smallest absolute Gasteiger partial charge is 0.272 e. The van der Waals surface area contributed by atoms with Crippen LogP contribution in [0.2, 0.25) is 0 Å². The van der Waals surface area contributed by atoms with E-state index in [1.54, 1.807) is 27.4 Å². The molecule has 2 amide bonds. The Morgan fingerprint density at radius 2 is 1.86 bits per heavy atom. The highest BCUT2D eigenvalue weighted by atomic mass is 16.2. The first-order chi connectivity index (χ1) is 13.9. The van der Waals surface area contributed by atoms with Gasteiger partial charge in [-0.25, -0.2) is 0 Å². The van der Waals surface area contributed by atoms with Crippen LogP contribution in [0.5, 0.6) is 0 Å². The van der Waals surface area contributed by atoms with Gasteiger partial charge in [-0.2, -0.15) is 10.2 Å². The predicted octanol–water partition coefficient (Wildman–Crippen LogP) is 1.59. The van der Waals surface area contributed by atoms with Gasteiger partial charge in [-0.05, 0) is 18.6 Å². The summed E-state index contributed by atoms with van der Waals surface area (Å²) in [6, 6.07) is 11.5. The van der Waals surface area contributed by atoms with Crippen LogP contribution in [0, 0.1) is 6.92 Å². The topological polar surface area (TPSA) is 85.0 Å². The molecular weight excluding hydrogens is 368 g/mol. The Labute approximate surface area is 169 Å². The van der Waals surface area contributed by atoms with Crippen molar-refractivity contribution in [2.75, 3.05) is 6.54 Å². The third-order valence-corrected chi connectivity index (χ3v) is 5.26. The molecule has 0 saturated heterocycles. The maximum absolute atomic E-state index is 13.0. The van der Waals surface area contributed by atoms with Crippen molar-refractivity contribution in [1.82, 2.24) is 29.8 Å². The van der Waals surface area contributed by atoms with Crippen molar-refractivity contribution in [3.8, 4) is 0 Å². The lowest BCUT2D eigenvalue weighted by Gasteiger charge is -2.27. The molecule has 0 saturated carbocycles. The predicted molar refractivity (Wildman–Crippen MR) is 107 cm³/mol. The van der Waals surface area contributed by atoms with Crippen LogP contribution in [-0.4, -0.2) is 42.8 Å². The Kier molecular flexibility index (Phi) is 4.92. The number of nitrogens with one attached hydrogen (secondary N) is 1. The molecule has 0 spiro atoms. The Bertz CT molecular complexity index is 1070. The molecule has 1 N–H and O–H groups in total. The number of rotatable bonds is 4. The number of carbonyl (C=O) groups excluding carboxylic acids is 2. The number of fused-ring (bicyclic) bond motifs is 1. The quantitative estimate of drug-likeness (QED) is 0.731. The van der Waals surface area contributed by atoms with Gasteiger partial charge in [0.25, 0.3) is 11.8 Å². The molecule has 0 bridgehead atoms. The van der Waals surface area contributed by atoms with E-state index in [0.29, 0.717) is 37.4 Å². The zero-order valence-corrected chi connectivity index (χ0v) is 16.8. The summed E-state index contributed by atoms with van der Waals surface area (Å²) < 4.78 is 3.35. The molecule has 4 rings (SSSR count). The first-order valence-electron chi connectivity index (χ1n) is 9.61. The van der Waals surface area contributed by atoms with Crippen LogP contribution in [0.1, 0.15) is 43.5 Å². The van der Waals surface area contributed by atoms with E-state index >= 15 is 0 Å². The van der Waals surface area contributed by atoms with Gasteiger partial charge in [0, 0.05) is 44.9 Å². The number of nitrogens with zero attached hydrogens (tertiary/aromatic N) is 5. The number of hydrogen-bond acceptors (Lipinski definition) is 4. The number of amides is 2. The molecule has 8 heteroatoms. The van der Waals surface area contributed by atoms with Crippen molar-refractivity contribution in [3.05, 3.63) is 70.3 Å². The van der Waals surface area contributed by atoms with Gasteiger partial charge in [-0.15, -0.1) is 0 Å². The summed E-state index contributed by atoms with van der Waals surface area (Å²) in [4.78, 5) is 27.5. The largest absolute Gasteiger partial charge is 0.347 e. The second-order valence-electron chi connectivity index (χ2n) is 7.34. The molecule has 150 valence electrons. The molecule has 0 fully saturated rings. The number of carbonyl (C=O) groups is 2. The Morgan fingerprint density at radius 3 is 2.55 bits per heavy atom. The zero-order chi connectivity index (χ0) is 20.5. The first-order valence-corrected chi connectivity index (χ1v) is 9.61. The average molecular weight is 392 g/mol. The highest BCUT2D eigenvalue weighted by Crippen LogP contribution is 2.23. The van der Waals surface area contributed by atoms with Crippen LogP contribution in [0.4, 0.5) is 0 Å². The van der Waals surface area contributed by atoms with Gasteiger partial charge in [-0.1, -0.05) is 30.3 Å². The molecule has 0 radical (unpaired) electrons. The van der Waals surface area contributed by atoms with Crippen molar-refractivity contribution in [1.29, 1.82) is 0 Å². The molecule has 0 atom stereocenters. The number of benzene rings is 1. The summed E-state index contributed by atoms with van der Waals surface area (Å²) in [5, 5.41) is 11.6. The Morgan fingerprint density at radius 1 is 1.10 bits per heavy atom. The molecule has 1 aromatic carbocycles. The van der Waals surface area contributed by atoms with E-state index < -0.39 is 0 Å². The van der Waals surface area contributed by atoms with Crippen molar-refractivity contribution >= 4 is 11.8 Å². The monoisotopic (exact) mass is 392 g/mol. The second kappa shape index (κ2) is 7.54. The maximum Gasteiger partial charge on any atom is 0.272 e. The van der Waals surface area contributed by atoms with Crippen LogP contribution >= 0.6 is 0 Å². The summed E-state index contributed by atoms with van der Waals surface area (Å²) in [7, 11) is 3.61. The molecular formula is C21H24N6O2. The molecule has 1 aliphatic heterocycles. The van der Waals surface area contributed by atoms with Crippen molar-refractivity contribution < 1.29 is 9.59 Å². The van der Waals surface area contributed by atoms with Gasteiger partial charge in [0.15, 0.2) is 5.69 Å². The molecule has 1 aliphatic rings. The number of hydrogen-bond donors (Lipinski definition) is 1. The molecule has 3 heterocycles. The van der Waals surface area contributed by atoms with E-state index in [-0.39, 0.29) is 11.8 Å². The fourth-order valence-corrected chi connectivity index (χ4v) is 3.78. The summed E-state index contributed by atoms with van der Waals surface area (Å²) in [5.41, 5.74) is 4.57. The van der Waals surface area contributed by atoms with Gasteiger partial charge >= 0.3 is 0 Å². The number of aryl methyl sites for hydroxylation is 3. The first kappa shape index (κ1) is 18.9.